The second kappa shape index (κ2) is 7.88. The molecule has 0 bridgehead atoms. The van der Waals surface area contributed by atoms with Gasteiger partial charge in [-0.15, -0.1) is 0 Å². The topological polar surface area (TPSA) is 49.8 Å². The number of rotatable bonds is 5. The van der Waals surface area contributed by atoms with Gasteiger partial charge in [-0.3, -0.25) is 9.69 Å². The third-order valence-electron chi connectivity index (χ3n) is 8.10. The molecule has 1 aromatic carbocycles. The molecule has 3 aliphatic rings. The normalized spacial score (nSPS) is 36.3. The molecule has 0 unspecified atom stereocenters. The van der Waals surface area contributed by atoms with Gasteiger partial charge in [0.15, 0.2) is 0 Å². The average Bonchev–Trinajstić information content (AvgIpc) is 2.99. The van der Waals surface area contributed by atoms with Gasteiger partial charge in [0, 0.05) is 18.5 Å². The first-order valence-electron chi connectivity index (χ1n) is 11.1. The Morgan fingerprint density at radius 3 is 2.79 bits per heavy atom. The molecule has 2 aliphatic carbocycles. The van der Waals surface area contributed by atoms with Gasteiger partial charge in [-0.1, -0.05) is 49.4 Å². The van der Waals surface area contributed by atoms with E-state index in [1.54, 1.807) is 0 Å². The third-order valence-corrected chi connectivity index (χ3v) is 8.10. The average molecular weight is 398 g/mol. The lowest BCUT2D eigenvalue weighted by Gasteiger charge is -2.50. The Hall–Kier alpha value is -1.65. The lowest BCUT2D eigenvalue weighted by molar-refractivity contribution is -0.146. The van der Waals surface area contributed by atoms with E-state index in [0.29, 0.717) is 12.5 Å². The molecule has 1 saturated heterocycles. The molecule has 0 amide bonds. The van der Waals surface area contributed by atoms with Gasteiger partial charge in [0.25, 0.3) is 0 Å². The zero-order valence-electron chi connectivity index (χ0n) is 18.0. The van der Waals surface area contributed by atoms with Crippen molar-refractivity contribution in [2.45, 2.75) is 64.2 Å². The first-order chi connectivity index (χ1) is 13.8. The zero-order chi connectivity index (χ0) is 20.8. The molecule has 0 aromatic heterocycles. The summed E-state index contributed by atoms with van der Waals surface area (Å²) in [7, 11) is 2.00. The van der Waals surface area contributed by atoms with E-state index in [2.05, 4.69) is 18.4 Å². The van der Waals surface area contributed by atoms with Crippen molar-refractivity contribution in [3.63, 3.8) is 0 Å². The molecule has 4 heteroatoms. The maximum absolute atomic E-state index is 12.8. The van der Waals surface area contributed by atoms with E-state index in [4.69, 9.17) is 4.74 Å². The molecule has 1 N–H and O–H groups in total. The third kappa shape index (κ3) is 3.77. The molecular formula is C25H35NO3. The van der Waals surface area contributed by atoms with Crippen LogP contribution in [0, 0.1) is 23.2 Å². The number of likely N-dealkylation sites (N-methyl/N-ethyl adjacent to an activating group) is 1. The lowest BCUT2D eigenvalue weighted by Crippen LogP contribution is -2.46. The highest BCUT2D eigenvalue weighted by molar-refractivity contribution is 5.75. The smallest absolute Gasteiger partial charge is 0.310 e. The van der Waals surface area contributed by atoms with Crippen LogP contribution < -0.4 is 0 Å². The van der Waals surface area contributed by atoms with Crippen molar-refractivity contribution in [2.24, 2.45) is 23.2 Å². The van der Waals surface area contributed by atoms with Crippen molar-refractivity contribution in [3.8, 4) is 0 Å². The SMILES string of the molecule is C=C1CCC[C@]2(C)C[C@H]3OC(=O)[C@@H](CN(C)[C@H](C)[C@@H](O)c4ccccc4)[C@@H]3C[C@H]12. The number of nitrogens with zero attached hydrogens (tertiary/aromatic N) is 1. The van der Waals surface area contributed by atoms with Gasteiger partial charge < -0.3 is 9.84 Å². The van der Waals surface area contributed by atoms with Crippen LogP contribution in [0.1, 0.15) is 57.6 Å². The Morgan fingerprint density at radius 2 is 2.07 bits per heavy atom. The number of ether oxygens (including phenoxy) is 1. The second-order valence-electron chi connectivity index (χ2n) is 9.94. The van der Waals surface area contributed by atoms with Gasteiger partial charge in [-0.2, -0.15) is 0 Å². The summed E-state index contributed by atoms with van der Waals surface area (Å²) in [6.45, 7) is 9.39. The molecule has 0 radical (unpaired) electrons. The van der Waals surface area contributed by atoms with Gasteiger partial charge in [-0.25, -0.2) is 0 Å². The highest BCUT2D eigenvalue weighted by Gasteiger charge is 2.55. The van der Waals surface area contributed by atoms with E-state index in [1.807, 2.05) is 44.3 Å². The number of aliphatic hydroxyl groups excluding tert-OH is 1. The summed E-state index contributed by atoms with van der Waals surface area (Å²) in [5.41, 5.74) is 2.51. The highest BCUT2D eigenvalue weighted by atomic mass is 16.6. The predicted molar refractivity (Wildman–Crippen MR) is 114 cm³/mol. The maximum Gasteiger partial charge on any atom is 0.310 e. The predicted octanol–water partition coefficient (Wildman–Crippen LogP) is 4.35. The Balaban J connectivity index is 1.46. The Morgan fingerprint density at radius 1 is 1.34 bits per heavy atom. The molecule has 0 spiro atoms. The number of benzene rings is 1. The molecule has 7 atom stereocenters. The largest absolute Gasteiger partial charge is 0.462 e. The van der Waals surface area contributed by atoms with Crippen LogP contribution in [0.5, 0.6) is 0 Å². The fourth-order valence-electron chi connectivity index (χ4n) is 6.11. The summed E-state index contributed by atoms with van der Waals surface area (Å²) < 4.78 is 5.90. The quantitative estimate of drug-likeness (QED) is 0.593. The maximum atomic E-state index is 12.8. The van der Waals surface area contributed by atoms with Crippen molar-refractivity contribution < 1.29 is 14.6 Å². The number of aliphatic hydroxyl groups is 1. The van der Waals surface area contributed by atoms with Gasteiger partial charge in [0.2, 0.25) is 0 Å². The second-order valence-corrected chi connectivity index (χ2v) is 9.94. The number of hydrogen-bond acceptors (Lipinski definition) is 4. The molecule has 3 fully saturated rings. The molecule has 158 valence electrons. The zero-order valence-corrected chi connectivity index (χ0v) is 18.0. The van der Waals surface area contributed by atoms with Crippen LogP contribution in [-0.2, 0) is 9.53 Å². The molecule has 29 heavy (non-hydrogen) atoms. The Bertz CT molecular complexity index is 763. The highest BCUT2D eigenvalue weighted by Crippen LogP contribution is 2.57. The summed E-state index contributed by atoms with van der Waals surface area (Å²) in [4.78, 5) is 14.9. The monoisotopic (exact) mass is 397 g/mol. The van der Waals surface area contributed by atoms with Gasteiger partial charge in [0.05, 0.1) is 12.0 Å². The standard InChI is InChI=1S/C25H35NO3/c1-16-9-8-12-25(3)14-22-19(13-21(16)25)20(24(28)29-22)15-26(4)17(2)23(27)18-10-6-5-7-11-18/h5-7,10-11,17,19-23,27H,1,8-9,12-15H2,2-4H3/t17-,19+,20+,21-,22-,23-,25-/m1/s1. The number of carbonyl (C=O) groups is 1. The minimum atomic E-state index is -0.581. The summed E-state index contributed by atoms with van der Waals surface area (Å²) in [6.07, 6.45) is 4.98. The fraction of sp³-hybridized carbons (Fsp3) is 0.640. The number of hydrogen-bond donors (Lipinski definition) is 1. The van der Waals surface area contributed by atoms with Crippen LogP contribution in [0.3, 0.4) is 0 Å². The van der Waals surface area contributed by atoms with E-state index in [0.717, 1.165) is 24.8 Å². The number of allylic oxidation sites excluding steroid dienone is 1. The number of fused-ring (bicyclic) bond motifs is 2. The van der Waals surface area contributed by atoms with Crippen molar-refractivity contribution in [3.05, 3.63) is 48.0 Å². The summed E-state index contributed by atoms with van der Waals surface area (Å²) in [6, 6.07) is 9.66. The molecule has 4 rings (SSSR count). The molecule has 2 saturated carbocycles. The van der Waals surface area contributed by atoms with Crippen LogP contribution in [0.2, 0.25) is 0 Å². The van der Waals surface area contributed by atoms with Crippen molar-refractivity contribution in [1.82, 2.24) is 4.90 Å². The number of carbonyl (C=O) groups excluding carboxylic acids is 1. The molecule has 4 nitrogen and oxygen atoms in total. The van der Waals surface area contributed by atoms with Crippen molar-refractivity contribution >= 4 is 5.97 Å². The first kappa shape index (κ1) is 20.6. The van der Waals surface area contributed by atoms with Crippen LogP contribution in [0.25, 0.3) is 0 Å². The Kier molecular flexibility index (Phi) is 5.60. The van der Waals surface area contributed by atoms with Gasteiger partial charge in [0.1, 0.15) is 6.10 Å². The molecule has 1 aliphatic heterocycles. The van der Waals surface area contributed by atoms with E-state index in [-0.39, 0.29) is 35.4 Å². The molecule has 1 heterocycles. The summed E-state index contributed by atoms with van der Waals surface area (Å²) in [5.74, 6) is 0.599. The van der Waals surface area contributed by atoms with Crippen LogP contribution in [0.4, 0.5) is 0 Å². The summed E-state index contributed by atoms with van der Waals surface area (Å²) in [5, 5.41) is 10.8. The lowest BCUT2D eigenvalue weighted by atomic mass is 9.55. The van der Waals surface area contributed by atoms with Crippen LogP contribution in [0.15, 0.2) is 42.5 Å². The van der Waals surface area contributed by atoms with Crippen LogP contribution >= 0.6 is 0 Å². The minimum absolute atomic E-state index is 0.0439. The van der Waals surface area contributed by atoms with Crippen LogP contribution in [-0.4, -0.2) is 41.7 Å². The summed E-state index contributed by atoms with van der Waals surface area (Å²) >= 11 is 0. The van der Waals surface area contributed by atoms with E-state index in [1.165, 1.54) is 18.4 Å². The van der Waals surface area contributed by atoms with E-state index in [9.17, 15) is 9.90 Å². The van der Waals surface area contributed by atoms with Gasteiger partial charge >= 0.3 is 5.97 Å². The van der Waals surface area contributed by atoms with E-state index >= 15 is 0 Å². The number of esters is 1. The van der Waals surface area contributed by atoms with Crippen molar-refractivity contribution in [1.29, 1.82) is 0 Å². The van der Waals surface area contributed by atoms with Gasteiger partial charge in [-0.05, 0) is 63.0 Å². The molecule has 1 aromatic rings. The Labute approximate surface area is 174 Å². The van der Waals surface area contributed by atoms with Crippen molar-refractivity contribution in [2.75, 3.05) is 13.6 Å². The fourth-order valence-corrected chi connectivity index (χ4v) is 6.11. The first-order valence-corrected chi connectivity index (χ1v) is 11.1. The van der Waals surface area contributed by atoms with E-state index < -0.39 is 6.10 Å². The minimum Gasteiger partial charge on any atom is -0.462 e. The molecular weight excluding hydrogens is 362 g/mol.